The summed E-state index contributed by atoms with van der Waals surface area (Å²) in [6.07, 6.45) is -45.7. The molecule has 6 rings (SSSR count). The number of hydrogen-bond acceptors (Lipinski definition) is 2. The molecule has 0 saturated heterocycles. The molecule has 0 saturated carbocycles. The van der Waals surface area contributed by atoms with Gasteiger partial charge < -0.3 is 0 Å². The van der Waals surface area contributed by atoms with Crippen LogP contribution in [0.4, 0.5) is 105 Å². The molecule has 1 aromatic heterocycles. The van der Waals surface area contributed by atoms with Crippen molar-refractivity contribution in [2.45, 2.75) is 88.6 Å². The number of rotatable bonds is 11. The van der Waals surface area contributed by atoms with Crippen LogP contribution in [0.2, 0.25) is 0 Å². The Morgan fingerprint density at radius 1 is 0.429 bits per heavy atom. The van der Waals surface area contributed by atoms with E-state index in [1.807, 2.05) is 29.0 Å². The van der Waals surface area contributed by atoms with Gasteiger partial charge in [-0.1, -0.05) is 98.6 Å². The Labute approximate surface area is 419 Å². The average Bonchev–Trinajstić information content (AvgIpc) is 3.30. The molecule has 1 heterocycles. The van der Waals surface area contributed by atoms with Crippen molar-refractivity contribution in [3.8, 4) is 0 Å². The van der Waals surface area contributed by atoms with E-state index in [1.165, 1.54) is 5.56 Å². The molecule has 0 fully saturated rings. The maximum absolute atomic E-state index is 14.2. The van der Waals surface area contributed by atoms with Gasteiger partial charge in [-0.2, -0.15) is 132 Å². The fourth-order valence-electron chi connectivity index (χ4n) is 8.27. The van der Waals surface area contributed by atoms with Crippen molar-refractivity contribution in [2.24, 2.45) is 0 Å². The molecule has 0 radical (unpaired) electrons. The molecule has 0 bridgehead atoms. The van der Waals surface area contributed by atoms with Gasteiger partial charge in [-0.25, -0.2) is 0 Å². The van der Waals surface area contributed by atoms with E-state index in [9.17, 15) is 110 Å². The van der Waals surface area contributed by atoms with Crippen LogP contribution in [-0.4, -0.2) is 16.9 Å². The minimum Gasteiger partial charge on any atom is -0.287 e. The molecule has 28 heteroatoms. The topological polar surface area (TPSA) is 33.8 Å². The lowest BCUT2D eigenvalue weighted by Gasteiger charge is -2.46. The van der Waals surface area contributed by atoms with Gasteiger partial charge in [0.1, 0.15) is 12.3 Å². The van der Waals surface area contributed by atoms with Crippen LogP contribution in [0.1, 0.15) is 93.2 Å². The van der Waals surface area contributed by atoms with Crippen molar-refractivity contribution in [2.75, 3.05) is 0 Å². The van der Waals surface area contributed by atoms with E-state index >= 15 is 0 Å². The van der Waals surface area contributed by atoms with Gasteiger partial charge in [-0.05, 0) is 30.7 Å². The molecular formula is C49H33BF24N2O. The van der Waals surface area contributed by atoms with E-state index < -0.39 is 195 Å². The second-order valence-electron chi connectivity index (χ2n) is 17.2. The summed E-state index contributed by atoms with van der Waals surface area (Å²) in [6, 6.07) is 1.35. The van der Waals surface area contributed by atoms with E-state index in [0.717, 1.165) is 19.3 Å². The molecule has 0 aliphatic carbocycles. The maximum Gasteiger partial charge on any atom is 0.416 e. The van der Waals surface area contributed by atoms with Crippen LogP contribution in [0.3, 0.4) is 0 Å². The number of halogens is 24. The number of carbonyl (C=O) groups is 1. The Hall–Kier alpha value is -6.77. The third-order valence-electron chi connectivity index (χ3n) is 11.8. The molecule has 0 spiro atoms. The van der Waals surface area contributed by atoms with Gasteiger partial charge in [-0.3, -0.25) is 9.78 Å². The minimum atomic E-state index is -6.13. The van der Waals surface area contributed by atoms with Gasteiger partial charge >= 0.3 is 49.4 Å². The summed E-state index contributed by atoms with van der Waals surface area (Å²) in [5.74, 6) is 0.183. The van der Waals surface area contributed by atoms with E-state index in [0.29, 0.717) is 18.7 Å². The van der Waals surface area contributed by atoms with Gasteiger partial charge in [0.15, 0.2) is 12.7 Å². The lowest BCUT2D eigenvalue weighted by molar-refractivity contribution is -0.690. The van der Waals surface area contributed by atoms with Crippen LogP contribution in [0.25, 0.3) is 0 Å². The molecule has 0 aliphatic heterocycles. The second kappa shape index (κ2) is 21.9. The molecule has 3 nitrogen and oxygen atoms in total. The quantitative estimate of drug-likeness (QED) is 0.0426. The summed E-state index contributed by atoms with van der Waals surface area (Å²) >= 11 is 0. The number of Topliss-reactive ketones (excluding diaryl/α,β-unsaturated/α-hetero) is 1. The Morgan fingerprint density at radius 3 is 0.974 bits per heavy atom. The number of aromatic nitrogens is 2. The van der Waals surface area contributed by atoms with Crippen molar-refractivity contribution >= 4 is 33.8 Å². The molecule has 5 aromatic carbocycles. The third kappa shape index (κ3) is 14.8. The molecule has 0 unspecified atom stereocenters. The highest BCUT2D eigenvalue weighted by Gasteiger charge is 2.47. The summed E-state index contributed by atoms with van der Waals surface area (Å²) in [4.78, 5) is 16.4. The van der Waals surface area contributed by atoms with Crippen molar-refractivity contribution in [1.82, 2.24) is 4.98 Å². The Balaban J connectivity index is 0.000000455. The molecule has 0 atom stereocenters. The summed E-state index contributed by atoms with van der Waals surface area (Å²) in [6.45, 7) is 2.85. The van der Waals surface area contributed by atoms with Crippen LogP contribution >= 0.6 is 0 Å². The second-order valence-corrected chi connectivity index (χ2v) is 17.2. The summed E-state index contributed by atoms with van der Waals surface area (Å²) in [7, 11) is 0. The number of benzene rings is 5. The summed E-state index contributed by atoms with van der Waals surface area (Å²) in [5.41, 5.74) is -28.3. The number of carbonyl (C=O) groups excluding carboxylic acids is 1. The largest absolute Gasteiger partial charge is 0.416 e. The molecule has 77 heavy (non-hydrogen) atoms. The molecular weight excluding hydrogens is 1100 g/mol. The maximum atomic E-state index is 14.2. The zero-order valence-electron chi connectivity index (χ0n) is 38.5. The van der Waals surface area contributed by atoms with Crippen molar-refractivity contribution in [3.63, 3.8) is 0 Å². The highest BCUT2D eigenvalue weighted by molar-refractivity contribution is 7.20. The summed E-state index contributed by atoms with van der Waals surface area (Å²) < 4.78 is 343. The monoisotopic (exact) mass is 1130 g/mol. The van der Waals surface area contributed by atoms with Crippen LogP contribution < -0.4 is 26.4 Å². The molecule has 0 N–H and O–H groups in total. The lowest BCUT2D eigenvalue weighted by atomic mass is 9.12. The normalized spacial score (nSPS) is 13.3. The smallest absolute Gasteiger partial charge is 0.287 e. The van der Waals surface area contributed by atoms with Gasteiger partial charge in [0.2, 0.25) is 5.78 Å². The van der Waals surface area contributed by atoms with E-state index in [4.69, 9.17) is 0 Å². The van der Waals surface area contributed by atoms with Crippen LogP contribution in [-0.2, 0) is 56.0 Å². The molecule has 416 valence electrons. The van der Waals surface area contributed by atoms with Crippen molar-refractivity contribution in [1.29, 1.82) is 0 Å². The van der Waals surface area contributed by atoms with Gasteiger partial charge in [0, 0.05) is 12.0 Å². The third-order valence-corrected chi connectivity index (χ3v) is 11.8. The first-order valence-electron chi connectivity index (χ1n) is 21.8. The van der Waals surface area contributed by atoms with E-state index in [1.54, 1.807) is 12.4 Å². The first-order valence-corrected chi connectivity index (χ1v) is 21.8. The zero-order valence-corrected chi connectivity index (χ0v) is 38.5. The van der Waals surface area contributed by atoms with Crippen LogP contribution in [0, 0.1) is 0 Å². The number of ketones is 1. The number of nitrogens with zero attached hydrogens (tertiary/aromatic N) is 2. The zero-order chi connectivity index (χ0) is 58.1. The predicted octanol–water partition coefficient (Wildman–Crippen LogP) is 14.4. The van der Waals surface area contributed by atoms with Crippen LogP contribution in [0.5, 0.6) is 0 Å². The number of hydrogen-bond donors (Lipinski definition) is 0. The van der Waals surface area contributed by atoms with Gasteiger partial charge in [0.05, 0.1) is 50.7 Å². The van der Waals surface area contributed by atoms with Gasteiger partial charge in [-0.15, -0.1) is 0 Å². The van der Waals surface area contributed by atoms with Crippen molar-refractivity contribution < 1.29 is 115 Å². The molecule has 0 amide bonds. The first kappa shape index (κ1) is 61.1. The average molecular weight is 1130 g/mol. The number of unbranched alkanes of at least 4 members (excludes halogenated alkanes) is 2. The summed E-state index contributed by atoms with van der Waals surface area (Å²) in [5, 5.41) is 0. The number of alkyl halides is 24. The van der Waals surface area contributed by atoms with Crippen LogP contribution in [0.15, 0.2) is 122 Å². The Kier molecular flexibility index (Phi) is 17.4. The van der Waals surface area contributed by atoms with Gasteiger partial charge in [0.25, 0.3) is 5.69 Å². The Bertz CT molecular complexity index is 2600. The molecule has 0 aliphatic rings. The highest BCUT2D eigenvalue weighted by atomic mass is 19.4. The first-order chi connectivity index (χ1) is 35.1. The lowest BCUT2D eigenvalue weighted by Crippen LogP contribution is -2.75. The minimum absolute atomic E-state index is 0.183. The highest BCUT2D eigenvalue weighted by Crippen LogP contribution is 2.41. The fourth-order valence-corrected chi connectivity index (χ4v) is 8.27. The molecule has 6 aromatic rings. The predicted molar refractivity (Wildman–Crippen MR) is 229 cm³/mol. The van der Waals surface area contributed by atoms with Crippen molar-refractivity contribution in [3.05, 3.63) is 177 Å². The standard InChI is InChI=1S/C32H12BF24.C17H21N2O/c34-25(35,36)13-1-14(26(37,38)39)6-21(5-13)33(22-7-15(27(40,41)42)2-16(8-22)28(43,44)45,23-9-17(29(46,47)48)3-18(10-23)30(49,50)51)24-11-19(31(52,53)54)4-20(12-24)32(55,56)57;1-2-3-5-10-17(20)16-13-18-11-12-19(16)14-15-8-6-4-7-9-15/h1-12H;4,6-9,11-13H,2-3,5,10,14H2,1H3/q-1;+1. The Morgan fingerprint density at radius 2 is 0.714 bits per heavy atom. The van der Waals surface area contributed by atoms with E-state index in [2.05, 4.69) is 24.0 Å². The fraction of sp³-hybridized carbons (Fsp3) is 0.286. The van der Waals surface area contributed by atoms with E-state index in [-0.39, 0.29) is 5.78 Å². The SMILES string of the molecule is CCCCCC(=O)c1cncc[n+]1Cc1ccccc1.FC(F)(F)c1cc([B-](c2cc(C(F)(F)F)cc(C(F)(F)F)c2)(c2cc(C(F)(F)F)cc(C(F)(F)F)c2)c2cc(C(F)(F)F)cc(C(F)(F)F)c2)cc(C(F)(F)F)c1.